The SMILES string of the molecule is C=CCOCC=C.O=C(O)CCC(=O)O.[NaH]. The Morgan fingerprint density at radius 1 is 1.00 bits per heavy atom. The monoisotopic (exact) mass is 240 g/mol. The van der Waals surface area contributed by atoms with E-state index in [1.54, 1.807) is 12.2 Å². The first-order valence-corrected chi connectivity index (χ1v) is 4.27. The number of carbonyl (C=O) groups is 2. The van der Waals surface area contributed by atoms with Crippen LogP contribution in [0.1, 0.15) is 12.8 Å². The van der Waals surface area contributed by atoms with Gasteiger partial charge in [0, 0.05) is 0 Å². The third-order valence-corrected chi connectivity index (χ3v) is 1.02. The van der Waals surface area contributed by atoms with Gasteiger partial charge in [0.25, 0.3) is 0 Å². The van der Waals surface area contributed by atoms with Gasteiger partial charge in [-0.05, 0) is 0 Å². The van der Waals surface area contributed by atoms with Gasteiger partial charge in [-0.1, -0.05) is 12.2 Å². The van der Waals surface area contributed by atoms with E-state index in [0.29, 0.717) is 13.2 Å². The quantitative estimate of drug-likeness (QED) is 0.388. The third kappa shape index (κ3) is 29.2. The second kappa shape index (κ2) is 16.8. The summed E-state index contributed by atoms with van der Waals surface area (Å²) < 4.78 is 4.90. The van der Waals surface area contributed by atoms with Gasteiger partial charge in [0.15, 0.2) is 0 Å². The molecule has 0 heterocycles. The molecule has 0 saturated carbocycles. The van der Waals surface area contributed by atoms with Crippen molar-refractivity contribution in [2.24, 2.45) is 0 Å². The molecular formula is C10H17NaO5. The van der Waals surface area contributed by atoms with Crippen LogP contribution in [0.25, 0.3) is 0 Å². The molecule has 0 aliphatic heterocycles. The van der Waals surface area contributed by atoms with Crippen molar-refractivity contribution in [2.75, 3.05) is 13.2 Å². The van der Waals surface area contributed by atoms with Gasteiger partial charge in [-0.2, -0.15) is 0 Å². The van der Waals surface area contributed by atoms with Crippen molar-refractivity contribution >= 4 is 41.5 Å². The standard InChI is InChI=1S/C6H10O.C4H6O4.Na.H/c1-3-5-7-6-4-2;5-3(6)1-2-4(7)8;;/h3-4H,1-2,5-6H2;1-2H2,(H,5,6)(H,7,8);;. The molecule has 0 rings (SSSR count). The summed E-state index contributed by atoms with van der Waals surface area (Å²) in [6.07, 6.45) is 2.83. The van der Waals surface area contributed by atoms with E-state index >= 15 is 0 Å². The minimum absolute atomic E-state index is 0. The van der Waals surface area contributed by atoms with E-state index in [0.717, 1.165) is 0 Å². The fraction of sp³-hybridized carbons (Fsp3) is 0.400. The van der Waals surface area contributed by atoms with Crippen LogP contribution in [0.4, 0.5) is 0 Å². The number of aliphatic carboxylic acids is 2. The number of ether oxygens (including phenoxy) is 1. The molecule has 0 spiro atoms. The third-order valence-electron chi connectivity index (χ3n) is 1.02. The van der Waals surface area contributed by atoms with Gasteiger partial charge in [-0.15, -0.1) is 13.2 Å². The number of carboxylic acids is 2. The van der Waals surface area contributed by atoms with E-state index in [-0.39, 0.29) is 42.4 Å². The second-order valence-electron chi connectivity index (χ2n) is 2.40. The summed E-state index contributed by atoms with van der Waals surface area (Å²) in [6.45, 7) is 8.18. The molecule has 0 saturated heterocycles. The summed E-state index contributed by atoms with van der Waals surface area (Å²) in [4.78, 5) is 19.3. The first kappa shape index (κ1) is 20.8. The molecule has 0 aliphatic carbocycles. The van der Waals surface area contributed by atoms with Crippen LogP contribution in [0.2, 0.25) is 0 Å². The van der Waals surface area contributed by atoms with Crippen LogP contribution in [0, 0.1) is 0 Å². The summed E-state index contributed by atoms with van der Waals surface area (Å²) in [5, 5.41) is 15.8. The molecule has 5 nitrogen and oxygen atoms in total. The van der Waals surface area contributed by atoms with Crippen LogP contribution in [0.15, 0.2) is 25.3 Å². The maximum absolute atomic E-state index is 9.64. The van der Waals surface area contributed by atoms with Crippen molar-refractivity contribution in [1.29, 1.82) is 0 Å². The van der Waals surface area contributed by atoms with E-state index in [1.807, 2.05) is 0 Å². The first-order chi connectivity index (χ1) is 7.04. The van der Waals surface area contributed by atoms with Crippen LogP contribution in [-0.2, 0) is 14.3 Å². The molecule has 0 aromatic heterocycles. The van der Waals surface area contributed by atoms with Gasteiger partial charge < -0.3 is 14.9 Å². The van der Waals surface area contributed by atoms with Gasteiger partial charge in [0.1, 0.15) is 0 Å². The molecule has 0 bridgehead atoms. The molecule has 6 heteroatoms. The fourth-order valence-corrected chi connectivity index (χ4v) is 0.449. The molecule has 16 heavy (non-hydrogen) atoms. The van der Waals surface area contributed by atoms with E-state index in [9.17, 15) is 9.59 Å². The van der Waals surface area contributed by atoms with Crippen LogP contribution >= 0.6 is 0 Å². The molecule has 0 amide bonds. The Morgan fingerprint density at radius 2 is 1.31 bits per heavy atom. The van der Waals surface area contributed by atoms with Gasteiger partial charge >= 0.3 is 41.5 Å². The Labute approximate surface area is 117 Å². The molecule has 0 fully saturated rings. The molecule has 0 aromatic carbocycles. The van der Waals surface area contributed by atoms with Crippen molar-refractivity contribution in [3.05, 3.63) is 25.3 Å². The van der Waals surface area contributed by atoms with Crippen LogP contribution in [0.5, 0.6) is 0 Å². The van der Waals surface area contributed by atoms with E-state index in [4.69, 9.17) is 14.9 Å². The fourth-order valence-electron chi connectivity index (χ4n) is 0.449. The molecule has 0 unspecified atom stereocenters. The molecule has 0 atom stereocenters. The molecule has 0 aliphatic rings. The Balaban J connectivity index is -0.000000200. The molecule has 2 N–H and O–H groups in total. The molecular weight excluding hydrogens is 223 g/mol. The van der Waals surface area contributed by atoms with Gasteiger partial charge in [0.2, 0.25) is 0 Å². The zero-order chi connectivity index (χ0) is 12.1. The van der Waals surface area contributed by atoms with E-state index in [2.05, 4.69) is 13.2 Å². The summed E-state index contributed by atoms with van der Waals surface area (Å²) in [7, 11) is 0. The normalized spacial score (nSPS) is 7.75. The summed E-state index contributed by atoms with van der Waals surface area (Å²) in [5.74, 6) is -2.15. The van der Waals surface area contributed by atoms with Gasteiger partial charge in [0.05, 0.1) is 26.1 Å². The van der Waals surface area contributed by atoms with E-state index < -0.39 is 11.9 Å². The zero-order valence-corrected chi connectivity index (χ0v) is 8.52. The topological polar surface area (TPSA) is 83.8 Å². The van der Waals surface area contributed by atoms with Crippen LogP contribution < -0.4 is 0 Å². The Bertz CT molecular complexity index is 193. The Hall–Kier alpha value is -0.620. The average Bonchev–Trinajstić information content (AvgIpc) is 2.17. The van der Waals surface area contributed by atoms with Crippen molar-refractivity contribution < 1.29 is 24.5 Å². The molecule has 88 valence electrons. The van der Waals surface area contributed by atoms with Crippen molar-refractivity contribution in [1.82, 2.24) is 0 Å². The summed E-state index contributed by atoms with van der Waals surface area (Å²) >= 11 is 0. The van der Waals surface area contributed by atoms with Gasteiger partial charge in [-0.25, -0.2) is 0 Å². The summed E-state index contributed by atoms with van der Waals surface area (Å²) in [5.41, 5.74) is 0. The Morgan fingerprint density at radius 3 is 1.50 bits per heavy atom. The minimum atomic E-state index is -1.08. The van der Waals surface area contributed by atoms with Crippen LogP contribution in [-0.4, -0.2) is 64.9 Å². The summed E-state index contributed by atoms with van der Waals surface area (Å²) in [6, 6.07) is 0. The average molecular weight is 240 g/mol. The maximum atomic E-state index is 9.64. The van der Waals surface area contributed by atoms with E-state index in [1.165, 1.54) is 0 Å². The number of hydrogen-bond donors (Lipinski definition) is 2. The van der Waals surface area contributed by atoms with Crippen LogP contribution in [0.3, 0.4) is 0 Å². The number of hydrogen-bond acceptors (Lipinski definition) is 3. The number of carboxylic acid groups (broad SMARTS) is 2. The number of rotatable bonds is 7. The molecule has 0 radical (unpaired) electrons. The van der Waals surface area contributed by atoms with Crippen molar-refractivity contribution in [2.45, 2.75) is 12.8 Å². The first-order valence-electron chi connectivity index (χ1n) is 4.27. The predicted molar refractivity (Wildman–Crippen MR) is 62.9 cm³/mol. The van der Waals surface area contributed by atoms with Gasteiger partial charge in [-0.3, -0.25) is 9.59 Å². The predicted octanol–water partition coefficient (Wildman–Crippen LogP) is 0.662. The second-order valence-corrected chi connectivity index (χ2v) is 2.40. The zero-order valence-electron chi connectivity index (χ0n) is 8.52. The van der Waals surface area contributed by atoms with Crippen molar-refractivity contribution in [3.8, 4) is 0 Å². The molecule has 0 aromatic rings. The Kier molecular flexibility index (Phi) is 21.8. The van der Waals surface area contributed by atoms with Crippen molar-refractivity contribution in [3.63, 3.8) is 0 Å².